The van der Waals surface area contributed by atoms with Gasteiger partial charge < -0.3 is 9.80 Å². The Morgan fingerprint density at radius 3 is 2.42 bits per heavy atom. The van der Waals surface area contributed by atoms with Crippen molar-refractivity contribution >= 4 is 29.1 Å². The van der Waals surface area contributed by atoms with E-state index in [4.69, 9.17) is 11.6 Å². The second kappa shape index (κ2) is 6.65. The first-order valence-corrected chi connectivity index (χ1v) is 8.30. The standard InChI is InChI=1S/C19H19ClN2O2/c1-13-5-3-4-6-17(13)19(24)21-11-12-22(18(23)14(21)2)16-9-7-15(20)8-10-16/h3-10,14H,11-12H2,1-2H3. The van der Waals surface area contributed by atoms with E-state index in [9.17, 15) is 9.59 Å². The number of hydrogen-bond donors (Lipinski definition) is 0. The van der Waals surface area contributed by atoms with E-state index >= 15 is 0 Å². The van der Waals surface area contributed by atoms with Gasteiger partial charge in [-0.2, -0.15) is 0 Å². The van der Waals surface area contributed by atoms with Crippen molar-refractivity contribution < 1.29 is 9.59 Å². The van der Waals surface area contributed by atoms with Crippen LogP contribution in [0.1, 0.15) is 22.8 Å². The summed E-state index contributed by atoms with van der Waals surface area (Å²) in [6, 6.07) is 14.1. The van der Waals surface area contributed by atoms with Gasteiger partial charge in [-0.25, -0.2) is 0 Å². The summed E-state index contributed by atoms with van der Waals surface area (Å²) < 4.78 is 0. The lowest BCUT2D eigenvalue weighted by molar-refractivity contribution is -0.124. The van der Waals surface area contributed by atoms with Crippen LogP contribution in [0.15, 0.2) is 48.5 Å². The smallest absolute Gasteiger partial charge is 0.254 e. The minimum Gasteiger partial charge on any atom is -0.325 e. The van der Waals surface area contributed by atoms with Crippen molar-refractivity contribution in [3.05, 3.63) is 64.7 Å². The number of amides is 2. The first kappa shape index (κ1) is 16.5. The molecule has 2 aromatic carbocycles. The molecular formula is C19H19ClN2O2. The molecule has 124 valence electrons. The van der Waals surface area contributed by atoms with Crippen molar-refractivity contribution in [1.29, 1.82) is 0 Å². The summed E-state index contributed by atoms with van der Waals surface area (Å²) in [6.07, 6.45) is 0. The van der Waals surface area contributed by atoms with Gasteiger partial charge in [-0.3, -0.25) is 9.59 Å². The van der Waals surface area contributed by atoms with E-state index in [-0.39, 0.29) is 11.8 Å². The third-order valence-corrected chi connectivity index (χ3v) is 4.68. The number of anilines is 1. The van der Waals surface area contributed by atoms with E-state index < -0.39 is 6.04 Å². The molecule has 0 spiro atoms. The molecule has 1 atom stereocenters. The Balaban J connectivity index is 1.81. The quantitative estimate of drug-likeness (QED) is 0.837. The lowest BCUT2D eigenvalue weighted by Gasteiger charge is -2.39. The Morgan fingerprint density at radius 2 is 1.75 bits per heavy atom. The van der Waals surface area contributed by atoms with Gasteiger partial charge in [0, 0.05) is 29.4 Å². The summed E-state index contributed by atoms with van der Waals surface area (Å²) in [5.41, 5.74) is 2.37. The molecular weight excluding hydrogens is 324 g/mol. The fraction of sp³-hybridized carbons (Fsp3) is 0.263. The van der Waals surface area contributed by atoms with Crippen molar-refractivity contribution in [3.63, 3.8) is 0 Å². The molecule has 24 heavy (non-hydrogen) atoms. The Kier molecular flexibility index (Phi) is 4.58. The predicted octanol–water partition coefficient (Wildman–Crippen LogP) is 3.53. The SMILES string of the molecule is Cc1ccccc1C(=O)N1CCN(c2ccc(Cl)cc2)C(=O)C1C. The maximum atomic E-state index is 12.8. The molecule has 1 fully saturated rings. The fourth-order valence-electron chi connectivity index (χ4n) is 2.99. The average molecular weight is 343 g/mol. The largest absolute Gasteiger partial charge is 0.325 e. The monoisotopic (exact) mass is 342 g/mol. The van der Waals surface area contributed by atoms with Crippen LogP contribution in [0.3, 0.4) is 0 Å². The molecule has 3 rings (SSSR count). The molecule has 0 aromatic heterocycles. The normalized spacial score (nSPS) is 18.0. The number of benzene rings is 2. The van der Waals surface area contributed by atoms with Crippen LogP contribution >= 0.6 is 11.6 Å². The van der Waals surface area contributed by atoms with Crippen molar-refractivity contribution in [1.82, 2.24) is 4.90 Å². The van der Waals surface area contributed by atoms with E-state index in [1.807, 2.05) is 37.3 Å². The number of aryl methyl sites for hydroxylation is 1. The zero-order valence-electron chi connectivity index (χ0n) is 13.7. The Labute approximate surface area is 146 Å². The Bertz CT molecular complexity index is 773. The van der Waals surface area contributed by atoms with Crippen LogP contribution in [0.25, 0.3) is 0 Å². The zero-order chi connectivity index (χ0) is 17.3. The lowest BCUT2D eigenvalue weighted by Crippen LogP contribution is -2.57. The molecule has 2 aromatic rings. The third kappa shape index (κ3) is 3.02. The molecule has 0 bridgehead atoms. The maximum absolute atomic E-state index is 12.8. The summed E-state index contributed by atoms with van der Waals surface area (Å²) in [7, 11) is 0. The van der Waals surface area contributed by atoms with E-state index in [1.54, 1.807) is 34.9 Å². The molecule has 0 aliphatic carbocycles. The molecule has 1 unspecified atom stereocenters. The Hall–Kier alpha value is -2.33. The number of carbonyl (C=O) groups excluding carboxylic acids is 2. The van der Waals surface area contributed by atoms with Crippen LogP contribution in [-0.2, 0) is 4.79 Å². The molecule has 1 aliphatic heterocycles. The maximum Gasteiger partial charge on any atom is 0.254 e. The van der Waals surface area contributed by atoms with Crippen molar-refractivity contribution in [3.8, 4) is 0 Å². The molecule has 0 N–H and O–H groups in total. The first-order chi connectivity index (χ1) is 11.5. The first-order valence-electron chi connectivity index (χ1n) is 7.92. The summed E-state index contributed by atoms with van der Waals surface area (Å²) >= 11 is 5.91. The van der Waals surface area contributed by atoms with Gasteiger partial charge in [0.05, 0.1) is 0 Å². The van der Waals surface area contributed by atoms with E-state index in [0.717, 1.165) is 11.3 Å². The van der Waals surface area contributed by atoms with Gasteiger partial charge in [0.2, 0.25) is 5.91 Å². The number of nitrogens with zero attached hydrogens (tertiary/aromatic N) is 2. The van der Waals surface area contributed by atoms with Gasteiger partial charge in [-0.15, -0.1) is 0 Å². The zero-order valence-corrected chi connectivity index (χ0v) is 14.5. The highest BCUT2D eigenvalue weighted by atomic mass is 35.5. The second-order valence-corrected chi connectivity index (χ2v) is 6.39. The fourth-order valence-corrected chi connectivity index (χ4v) is 3.12. The number of piperazine rings is 1. The summed E-state index contributed by atoms with van der Waals surface area (Å²) in [5.74, 6) is -0.171. The van der Waals surface area contributed by atoms with E-state index in [1.165, 1.54) is 0 Å². The summed E-state index contributed by atoms with van der Waals surface area (Å²) in [5, 5.41) is 0.632. The van der Waals surface area contributed by atoms with Gasteiger partial charge in [-0.1, -0.05) is 29.8 Å². The van der Waals surface area contributed by atoms with Gasteiger partial charge in [0.15, 0.2) is 0 Å². The number of hydrogen-bond acceptors (Lipinski definition) is 2. The van der Waals surface area contributed by atoms with Crippen LogP contribution in [0.2, 0.25) is 5.02 Å². The van der Waals surface area contributed by atoms with Crippen LogP contribution in [0, 0.1) is 6.92 Å². The molecule has 2 amide bonds. The summed E-state index contributed by atoms with van der Waals surface area (Å²) in [6.45, 7) is 4.66. The van der Waals surface area contributed by atoms with E-state index in [2.05, 4.69) is 0 Å². The predicted molar refractivity (Wildman–Crippen MR) is 95.5 cm³/mol. The van der Waals surface area contributed by atoms with Crippen LogP contribution in [0.4, 0.5) is 5.69 Å². The van der Waals surface area contributed by atoms with Gasteiger partial charge >= 0.3 is 0 Å². The van der Waals surface area contributed by atoms with Gasteiger partial charge in [0.25, 0.3) is 5.91 Å². The number of carbonyl (C=O) groups is 2. The van der Waals surface area contributed by atoms with Crippen molar-refractivity contribution in [2.45, 2.75) is 19.9 Å². The minimum absolute atomic E-state index is 0.0782. The third-order valence-electron chi connectivity index (χ3n) is 4.43. The van der Waals surface area contributed by atoms with Crippen molar-refractivity contribution in [2.75, 3.05) is 18.0 Å². The van der Waals surface area contributed by atoms with E-state index in [0.29, 0.717) is 23.7 Å². The van der Waals surface area contributed by atoms with Crippen LogP contribution < -0.4 is 4.90 Å². The van der Waals surface area contributed by atoms with Gasteiger partial charge in [-0.05, 0) is 49.7 Å². The highest BCUT2D eigenvalue weighted by Crippen LogP contribution is 2.24. The topological polar surface area (TPSA) is 40.6 Å². The molecule has 1 heterocycles. The second-order valence-electron chi connectivity index (χ2n) is 5.96. The molecule has 1 aliphatic rings. The molecule has 5 heteroatoms. The number of rotatable bonds is 2. The minimum atomic E-state index is -0.499. The molecule has 4 nitrogen and oxygen atoms in total. The molecule has 1 saturated heterocycles. The van der Waals surface area contributed by atoms with Crippen LogP contribution in [-0.4, -0.2) is 35.8 Å². The average Bonchev–Trinajstić information content (AvgIpc) is 2.58. The Morgan fingerprint density at radius 1 is 1.08 bits per heavy atom. The molecule has 0 saturated carbocycles. The lowest BCUT2D eigenvalue weighted by atomic mass is 10.0. The van der Waals surface area contributed by atoms with Gasteiger partial charge in [0.1, 0.15) is 6.04 Å². The van der Waals surface area contributed by atoms with Crippen LogP contribution in [0.5, 0.6) is 0 Å². The summed E-state index contributed by atoms with van der Waals surface area (Å²) in [4.78, 5) is 28.9. The highest BCUT2D eigenvalue weighted by molar-refractivity contribution is 6.30. The number of halogens is 1. The van der Waals surface area contributed by atoms with Crippen molar-refractivity contribution in [2.24, 2.45) is 0 Å². The highest BCUT2D eigenvalue weighted by Gasteiger charge is 2.35. The molecule has 0 radical (unpaired) electrons.